The molecular formula is C22H42N4O2. The SMILES string of the molecule is CC(C)CN(CC(C)C)C(=O)CN1CCN(CC(=O)N2CCCCC2C)CC1. The lowest BCUT2D eigenvalue weighted by molar-refractivity contribution is -0.137. The minimum absolute atomic E-state index is 0.245. The molecule has 0 radical (unpaired) electrons. The normalized spacial score (nSPS) is 22.1. The second-order valence-electron chi connectivity index (χ2n) is 9.57. The second-order valence-corrected chi connectivity index (χ2v) is 9.57. The fourth-order valence-corrected chi connectivity index (χ4v) is 4.31. The van der Waals surface area contributed by atoms with E-state index >= 15 is 0 Å². The molecule has 0 N–H and O–H groups in total. The van der Waals surface area contributed by atoms with Crippen molar-refractivity contribution in [3.05, 3.63) is 0 Å². The number of nitrogens with zero attached hydrogens (tertiary/aromatic N) is 4. The molecule has 6 nitrogen and oxygen atoms in total. The first-order valence-corrected chi connectivity index (χ1v) is 11.3. The highest BCUT2D eigenvalue weighted by Gasteiger charge is 2.27. The van der Waals surface area contributed by atoms with E-state index in [2.05, 4.69) is 49.3 Å². The summed E-state index contributed by atoms with van der Waals surface area (Å²) in [5.41, 5.74) is 0. The molecule has 0 saturated carbocycles. The van der Waals surface area contributed by atoms with E-state index in [-0.39, 0.29) is 11.8 Å². The number of piperazine rings is 1. The molecule has 0 bridgehead atoms. The van der Waals surface area contributed by atoms with E-state index in [1.807, 2.05) is 4.90 Å². The van der Waals surface area contributed by atoms with Crippen molar-refractivity contribution in [2.75, 3.05) is 58.9 Å². The maximum absolute atomic E-state index is 12.8. The Morgan fingerprint density at radius 1 is 0.857 bits per heavy atom. The molecule has 0 aliphatic carbocycles. The summed E-state index contributed by atoms with van der Waals surface area (Å²) in [6.07, 6.45) is 3.50. The van der Waals surface area contributed by atoms with Gasteiger partial charge in [-0.25, -0.2) is 0 Å². The molecule has 2 rings (SSSR count). The number of hydrogen-bond donors (Lipinski definition) is 0. The Labute approximate surface area is 172 Å². The van der Waals surface area contributed by atoms with Gasteiger partial charge in [0.25, 0.3) is 0 Å². The molecule has 2 aliphatic rings. The summed E-state index contributed by atoms with van der Waals surface area (Å²) in [5.74, 6) is 1.50. The molecule has 2 fully saturated rings. The van der Waals surface area contributed by atoms with E-state index in [9.17, 15) is 9.59 Å². The smallest absolute Gasteiger partial charge is 0.236 e. The van der Waals surface area contributed by atoms with Crippen LogP contribution in [0.5, 0.6) is 0 Å². The Morgan fingerprint density at radius 2 is 1.39 bits per heavy atom. The van der Waals surface area contributed by atoms with Gasteiger partial charge in [-0.1, -0.05) is 27.7 Å². The highest BCUT2D eigenvalue weighted by Crippen LogP contribution is 2.17. The molecule has 0 aromatic rings. The minimum atomic E-state index is 0.245. The standard InChI is InChI=1S/C22H42N4O2/c1-18(2)14-25(15-19(3)4)21(27)16-23-10-12-24(13-11-23)17-22(28)26-9-7-6-8-20(26)5/h18-20H,6-17H2,1-5H3. The number of carbonyl (C=O) groups excluding carboxylic acids is 2. The van der Waals surface area contributed by atoms with E-state index in [1.54, 1.807) is 0 Å². The zero-order valence-corrected chi connectivity index (χ0v) is 18.8. The third-order valence-corrected chi connectivity index (χ3v) is 5.83. The van der Waals surface area contributed by atoms with Crippen molar-refractivity contribution in [1.29, 1.82) is 0 Å². The van der Waals surface area contributed by atoms with E-state index in [0.29, 0.717) is 31.0 Å². The molecule has 2 amide bonds. The van der Waals surface area contributed by atoms with Crippen molar-refractivity contribution in [2.45, 2.75) is 59.9 Å². The molecule has 162 valence electrons. The third kappa shape index (κ3) is 7.36. The quantitative estimate of drug-likeness (QED) is 0.633. The predicted octanol–water partition coefficient (Wildman–Crippen LogP) is 2.15. The first kappa shape index (κ1) is 23.1. The lowest BCUT2D eigenvalue weighted by Crippen LogP contribution is -2.53. The van der Waals surface area contributed by atoms with Crippen molar-refractivity contribution in [3.63, 3.8) is 0 Å². The van der Waals surface area contributed by atoms with Gasteiger partial charge in [-0.15, -0.1) is 0 Å². The summed E-state index contributed by atoms with van der Waals surface area (Å²) in [6.45, 7) is 17.9. The van der Waals surface area contributed by atoms with Crippen LogP contribution in [0.3, 0.4) is 0 Å². The summed E-state index contributed by atoms with van der Waals surface area (Å²) in [5, 5.41) is 0. The Balaban J connectivity index is 1.76. The average molecular weight is 395 g/mol. The van der Waals surface area contributed by atoms with E-state index in [1.165, 1.54) is 6.42 Å². The van der Waals surface area contributed by atoms with E-state index in [0.717, 1.165) is 58.7 Å². The van der Waals surface area contributed by atoms with Crippen LogP contribution in [0.15, 0.2) is 0 Å². The molecule has 28 heavy (non-hydrogen) atoms. The molecule has 1 atom stereocenters. The van der Waals surface area contributed by atoms with Gasteiger partial charge in [0.05, 0.1) is 13.1 Å². The van der Waals surface area contributed by atoms with Gasteiger partial charge in [0.1, 0.15) is 0 Å². The summed E-state index contributed by atoms with van der Waals surface area (Å²) < 4.78 is 0. The zero-order chi connectivity index (χ0) is 20.7. The molecule has 0 spiro atoms. The topological polar surface area (TPSA) is 47.1 Å². The Hall–Kier alpha value is -1.14. The predicted molar refractivity (Wildman–Crippen MR) is 114 cm³/mol. The van der Waals surface area contributed by atoms with Gasteiger partial charge in [-0.2, -0.15) is 0 Å². The van der Waals surface area contributed by atoms with Crippen LogP contribution >= 0.6 is 0 Å². The van der Waals surface area contributed by atoms with Crippen LogP contribution in [-0.2, 0) is 9.59 Å². The molecule has 1 unspecified atom stereocenters. The van der Waals surface area contributed by atoms with Crippen LogP contribution in [0.4, 0.5) is 0 Å². The van der Waals surface area contributed by atoms with Crippen LogP contribution in [0.25, 0.3) is 0 Å². The monoisotopic (exact) mass is 394 g/mol. The minimum Gasteiger partial charge on any atom is -0.341 e. The molecular weight excluding hydrogens is 352 g/mol. The first-order chi connectivity index (χ1) is 13.3. The Morgan fingerprint density at radius 3 is 1.89 bits per heavy atom. The van der Waals surface area contributed by atoms with Crippen molar-refractivity contribution in [3.8, 4) is 0 Å². The van der Waals surface area contributed by atoms with Gasteiger partial charge >= 0.3 is 0 Å². The van der Waals surface area contributed by atoms with Crippen molar-refractivity contribution < 1.29 is 9.59 Å². The number of piperidine rings is 1. The van der Waals surface area contributed by atoms with Crippen LogP contribution in [0, 0.1) is 11.8 Å². The molecule has 2 aliphatic heterocycles. The summed E-state index contributed by atoms with van der Waals surface area (Å²) in [4.78, 5) is 34.0. The van der Waals surface area contributed by atoms with Gasteiger partial charge in [0, 0.05) is 51.9 Å². The average Bonchev–Trinajstić information content (AvgIpc) is 2.62. The number of carbonyl (C=O) groups is 2. The fourth-order valence-electron chi connectivity index (χ4n) is 4.31. The summed E-state index contributed by atoms with van der Waals surface area (Å²) in [6, 6.07) is 0.382. The van der Waals surface area contributed by atoms with Crippen LogP contribution in [0.2, 0.25) is 0 Å². The lowest BCUT2D eigenvalue weighted by Gasteiger charge is -2.38. The molecule has 0 aromatic carbocycles. The fraction of sp³-hybridized carbons (Fsp3) is 0.909. The summed E-state index contributed by atoms with van der Waals surface area (Å²) in [7, 11) is 0. The molecule has 2 heterocycles. The number of amides is 2. The summed E-state index contributed by atoms with van der Waals surface area (Å²) >= 11 is 0. The lowest BCUT2D eigenvalue weighted by atomic mass is 10.0. The van der Waals surface area contributed by atoms with E-state index in [4.69, 9.17) is 0 Å². The highest BCUT2D eigenvalue weighted by atomic mass is 16.2. The maximum Gasteiger partial charge on any atom is 0.236 e. The Bertz CT molecular complexity index is 491. The number of hydrogen-bond acceptors (Lipinski definition) is 4. The molecule has 6 heteroatoms. The van der Waals surface area contributed by atoms with Gasteiger partial charge < -0.3 is 9.80 Å². The van der Waals surface area contributed by atoms with Crippen molar-refractivity contribution >= 4 is 11.8 Å². The maximum atomic E-state index is 12.8. The van der Waals surface area contributed by atoms with E-state index < -0.39 is 0 Å². The number of likely N-dealkylation sites (tertiary alicyclic amines) is 1. The van der Waals surface area contributed by atoms with Gasteiger partial charge in [0.2, 0.25) is 11.8 Å². The molecule has 0 aromatic heterocycles. The van der Waals surface area contributed by atoms with Crippen molar-refractivity contribution in [1.82, 2.24) is 19.6 Å². The van der Waals surface area contributed by atoms with Gasteiger partial charge in [0.15, 0.2) is 0 Å². The van der Waals surface area contributed by atoms with Crippen LogP contribution in [0.1, 0.15) is 53.9 Å². The highest BCUT2D eigenvalue weighted by molar-refractivity contribution is 5.79. The van der Waals surface area contributed by atoms with Crippen LogP contribution in [-0.4, -0.2) is 96.4 Å². The second kappa shape index (κ2) is 11.1. The number of rotatable bonds is 8. The Kier molecular flexibility index (Phi) is 9.22. The zero-order valence-electron chi connectivity index (χ0n) is 18.8. The first-order valence-electron chi connectivity index (χ1n) is 11.3. The third-order valence-electron chi connectivity index (χ3n) is 5.83. The largest absolute Gasteiger partial charge is 0.341 e. The van der Waals surface area contributed by atoms with Crippen molar-refractivity contribution in [2.24, 2.45) is 11.8 Å². The van der Waals surface area contributed by atoms with Gasteiger partial charge in [-0.05, 0) is 38.0 Å². The van der Waals surface area contributed by atoms with Gasteiger partial charge in [-0.3, -0.25) is 19.4 Å². The molecule has 2 saturated heterocycles. The van der Waals surface area contributed by atoms with Crippen LogP contribution < -0.4 is 0 Å².